The van der Waals surface area contributed by atoms with Crippen molar-refractivity contribution in [2.45, 2.75) is 13.3 Å². The van der Waals surface area contributed by atoms with Gasteiger partial charge in [-0.1, -0.05) is 42.5 Å². The number of benzene rings is 3. The Hall–Kier alpha value is -3.64. The molecule has 0 atom stereocenters. The molecule has 6 heteroatoms. The first-order chi connectivity index (χ1) is 16.0. The third-order valence-electron chi connectivity index (χ3n) is 5.19. The summed E-state index contributed by atoms with van der Waals surface area (Å²) in [7, 11) is 3.77. The summed E-state index contributed by atoms with van der Waals surface area (Å²) in [5.74, 6) is -0.409. The first-order valence-corrected chi connectivity index (χ1v) is 11.1. The van der Waals surface area contributed by atoms with E-state index in [9.17, 15) is 9.59 Å². The van der Waals surface area contributed by atoms with E-state index in [1.807, 2.05) is 74.4 Å². The molecular formula is C27H31N3O3. The standard InChI is InChI=1S/C27H31N3O3/c1-4-33-18-8-17-28-27(32)24-19-23(15-16-25(24)30(2)3)29-26(31)22-13-11-21(12-14-22)20-9-6-5-7-10-20/h5-7,9-16,19H,4,8,17-18H2,1-3H3,(H,28,32)(H,29,31). The van der Waals surface area contributed by atoms with Gasteiger partial charge in [-0.05, 0) is 54.8 Å². The van der Waals surface area contributed by atoms with Gasteiger partial charge in [0.25, 0.3) is 11.8 Å². The maximum Gasteiger partial charge on any atom is 0.255 e. The summed E-state index contributed by atoms with van der Waals surface area (Å²) in [5.41, 5.74) is 4.55. The molecule has 0 bridgehead atoms. The number of ether oxygens (including phenoxy) is 1. The zero-order valence-electron chi connectivity index (χ0n) is 19.4. The summed E-state index contributed by atoms with van der Waals surface area (Å²) in [6, 6.07) is 22.8. The molecule has 6 nitrogen and oxygen atoms in total. The zero-order chi connectivity index (χ0) is 23.6. The van der Waals surface area contributed by atoms with Crippen LogP contribution < -0.4 is 15.5 Å². The van der Waals surface area contributed by atoms with Crippen molar-refractivity contribution >= 4 is 23.2 Å². The Labute approximate surface area is 195 Å². The van der Waals surface area contributed by atoms with E-state index < -0.39 is 0 Å². The molecule has 3 aromatic carbocycles. The molecule has 0 aliphatic heterocycles. The maximum absolute atomic E-state index is 12.8. The van der Waals surface area contributed by atoms with E-state index in [1.165, 1.54) is 0 Å². The van der Waals surface area contributed by atoms with Gasteiger partial charge in [-0.25, -0.2) is 0 Å². The first kappa shape index (κ1) is 24.0. The SMILES string of the molecule is CCOCCCNC(=O)c1cc(NC(=O)c2ccc(-c3ccccc3)cc2)ccc1N(C)C. The minimum Gasteiger partial charge on any atom is -0.382 e. The van der Waals surface area contributed by atoms with Crippen LogP contribution in [0.2, 0.25) is 0 Å². The van der Waals surface area contributed by atoms with Crippen LogP contribution in [0.25, 0.3) is 11.1 Å². The Bertz CT molecular complexity index is 1060. The second kappa shape index (κ2) is 11.8. The summed E-state index contributed by atoms with van der Waals surface area (Å²) in [4.78, 5) is 27.5. The van der Waals surface area contributed by atoms with Crippen LogP contribution in [0.1, 0.15) is 34.1 Å². The van der Waals surface area contributed by atoms with Crippen LogP contribution in [0, 0.1) is 0 Å². The lowest BCUT2D eigenvalue weighted by Gasteiger charge is -2.18. The molecule has 0 aromatic heterocycles. The highest BCUT2D eigenvalue weighted by molar-refractivity contribution is 6.06. The number of carbonyl (C=O) groups excluding carboxylic acids is 2. The lowest BCUT2D eigenvalue weighted by atomic mass is 10.0. The third-order valence-corrected chi connectivity index (χ3v) is 5.19. The van der Waals surface area contributed by atoms with Crippen molar-refractivity contribution in [3.8, 4) is 11.1 Å². The predicted octanol–water partition coefficient (Wildman–Crippen LogP) is 4.83. The van der Waals surface area contributed by atoms with Crippen LogP contribution in [0.4, 0.5) is 11.4 Å². The average molecular weight is 446 g/mol. The Kier molecular flexibility index (Phi) is 8.61. The molecule has 0 radical (unpaired) electrons. The monoisotopic (exact) mass is 445 g/mol. The van der Waals surface area contributed by atoms with Crippen molar-refractivity contribution in [3.05, 3.63) is 83.9 Å². The molecule has 172 valence electrons. The number of nitrogens with zero attached hydrogens (tertiary/aromatic N) is 1. The first-order valence-electron chi connectivity index (χ1n) is 11.1. The normalized spacial score (nSPS) is 10.5. The number of hydrogen-bond donors (Lipinski definition) is 2. The van der Waals surface area contributed by atoms with Crippen molar-refractivity contribution in [1.82, 2.24) is 5.32 Å². The Morgan fingerprint density at radius 1 is 0.879 bits per heavy atom. The van der Waals surface area contributed by atoms with Gasteiger partial charge < -0.3 is 20.3 Å². The number of carbonyl (C=O) groups is 2. The van der Waals surface area contributed by atoms with Gasteiger partial charge >= 0.3 is 0 Å². The summed E-state index contributed by atoms with van der Waals surface area (Å²) in [6.45, 7) is 3.74. The highest BCUT2D eigenvalue weighted by atomic mass is 16.5. The highest BCUT2D eigenvalue weighted by Crippen LogP contribution is 2.24. The Morgan fingerprint density at radius 2 is 1.58 bits per heavy atom. The van der Waals surface area contributed by atoms with Crippen LogP contribution in [-0.2, 0) is 4.74 Å². The molecule has 0 aliphatic carbocycles. The lowest BCUT2D eigenvalue weighted by Crippen LogP contribution is -2.27. The highest BCUT2D eigenvalue weighted by Gasteiger charge is 2.15. The minimum atomic E-state index is -0.227. The van der Waals surface area contributed by atoms with Crippen molar-refractivity contribution in [3.63, 3.8) is 0 Å². The van der Waals surface area contributed by atoms with Crippen LogP contribution in [0.3, 0.4) is 0 Å². The average Bonchev–Trinajstić information content (AvgIpc) is 2.84. The summed E-state index contributed by atoms with van der Waals surface area (Å²) in [6.07, 6.45) is 0.742. The fraction of sp³-hybridized carbons (Fsp3) is 0.259. The molecule has 0 spiro atoms. The molecule has 0 saturated heterocycles. The van der Waals surface area contributed by atoms with Gasteiger partial charge in [0, 0.05) is 50.8 Å². The fourth-order valence-electron chi connectivity index (χ4n) is 3.45. The molecule has 3 rings (SSSR count). The van der Waals surface area contributed by atoms with E-state index in [0.717, 1.165) is 23.2 Å². The van der Waals surface area contributed by atoms with E-state index in [0.29, 0.717) is 36.6 Å². The van der Waals surface area contributed by atoms with E-state index in [2.05, 4.69) is 10.6 Å². The predicted molar refractivity (Wildman–Crippen MR) is 134 cm³/mol. The molecule has 0 fully saturated rings. The molecule has 2 N–H and O–H groups in total. The molecule has 0 unspecified atom stereocenters. The Balaban J connectivity index is 1.70. The molecule has 0 saturated carbocycles. The third kappa shape index (κ3) is 6.67. The lowest BCUT2D eigenvalue weighted by molar-refractivity contribution is 0.0943. The summed E-state index contributed by atoms with van der Waals surface area (Å²) in [5, 5.41) is 5.83. The second-order valence-electron chi connectivity index (χ2n) is 7.83. The quantitative estimate of drug-likeness (QED) is 0.439. The van der Waals surface area contributed by atoms with Crippen molar-refractivity contribution in [2.24, 2.45) is 0 Å². The number of nitrogens with one attached hydrogen (secondary N) is 2. The largest absolute Gasteiger partial charge is 0.382 e. The fourth-order valence-corrected chi connectivity index (χ4v) is 3.45. The Morgan fingerprint density at radius 3 is 2.24 bits per heavy atom. The van der Waals surface area contributed by atoms with Crippen molar-refractivity contribution < 1.29 is 14.3 Å². The number of anilines is 2. The van der Waals surface area contributed by atoms with Crippen LogP contribution in [0.5, 0.6) is 0 Å². The van der Waals surface area contributed by atoms with Crippen LogP contribution in [-0.4, -0.2) is 45.7 Å². The minimum absolute atomic E-state index is 0.182. The van der Waals surface area contributed by atoms with Crippen LogP contribution >= 0.6 is 0 Å². The zero-order valence-corrected chi connectivity index (χ0v) is 19.4. The topological polar surface area (TPSA) is 70.7 Å². The molecule has 0 aliphatic rings. The van der Waals surface area contributed by atoms with Gasteiger partial charge in [0.2, 0.25) is 0 Å². The molecule has 33 heavy (non-hydrogen) atoms. The number of amides is 2. The second-order valence-corrected chi connectivity index (χ2v) is 7.83. The van der Waals surface area contributed by atoms with Gasteiger partial charge in [0.05, 0.1) is 5.56 Å². The van der Waals surface area contributed by atoms with E-state index >= 15 is 0 Å². The molecule has 3 aromatic rings. The van der Waals surface area contributed by atoms with Gasteiger partial charge in [0.1, 0.15) is 0 Å². The maximum atomic E-state index is 12.8. The summed E-state index contributed by atoms with van der Waals surface area (Å²) < 4.78 is 5.31. The number of hydrogen-bond acceptors (Lipinski definition) is 4. The van der Waals surface area contributed by atoms with Gasteiger partial charge in [-0.3, -0.25) is 9.59 Å². The van der Waals surface area contributed by atoms with Gasteiger partial charge in [0.15, 0.2) is 0 Å². The van der Waals surface area contributed by atoms with Gasteiger partial charge in [-0.2, -0.15) is 0 Å². The van der Waals surface area contributed by atoms with Crippen molar-refractivity contribution in [2.75, 3.05) is 44.1 Å². The molecule has 0 heterocycles. The molecular weight excluding hydrogens is 414 g/mol. The molecule has 2 amide bonds. The van der Waals surface area contributed by atoms with Crippen LogP contribution in [0.15, 0.2) is 72.8 Å². The van der Waals surface area contributed by atoms with E-state index in [4.69, 9.17) is 4.74 Å². The summed E-state index contributed by atoms with van der Waals surface area (Å²) >= 11 is 0. The smallest absolute Gasteiger partial charge is 0.255 e. The van der Waals surface area contributed by atoms with Gasteiger partial charge in [-0.15, -0.1) is 0 Å². The van der Waals surface area contributed by atoms with Crippen molar-refractivity contribution in [1.29, 1.82) is 0 Å². The van der Waals surface area contributed by atoms with E-state index in [1.54, 1.807) is 24.3 Å². The number of rotatable bonds is 10. The van der Waals surface area contributed by atoms with E-state index in [-0.39, 0.29) is 11.8 Å².